The molecule has 0 bridgehead atoms. The molecular weight excluding hydrogens is 126 g/mol. The van der Waals surface area contributed by atoms with Crippen LogP contribution in [0.5, 0.6) is 0 Å². The van der Waals surface area contributed by atoms with Gasteiger partial charge in [0.25, 0.3) is 0 Å². The molecule has 1 rings (SSSR count). The Morgan fingerprint density at radius 3 is 2.50 bits per heavy atom. The Balaban J connectivity index is 2.42. The second kappa shape index (κ2) is 3.35. The number of rotatable bonds is 2. The van der Waals surface area contributed by atoms with Gasteiger partial charge in [0.2, 0.25) is 0 Å². The quantitative estimate of drug-likeness (QED) is 0.615. The molecular formula is C8H17NO. The lowest BCUT2D eigenvalue weighted by Gasteiger charge is -2.24. The van der Waals surface area contributed by atoms with Crippen LogP contribution in [0.1, 0.15) is 19.3 Å². The van der Waals surface area contributed by atoms with Crippen molar-refractivity contribution < 1.29 is 5.11 Å². The van der Waals surface area contributed by atoms with E-state index in [1.165, 1.54) is 19.3 Å². The van der Waals surface area contributed by atoms with Crippen LogP contribution in [-0.4, -0.2) is 36.8 Å². The van der Waals surface area contributed by atoms with E-state index in [1.807, 2.05) is 0 Å². The summed E-state index contributed by atoms with van der Waals surface area (Å²) >= 11 is 0. The Kier molecular flexibility index (Phi) is 2.69. The summed E-state index contributed by atoms with van der Waals surface area (Å²) in [6, 6.07) is 0.630. The second-order valence-electron chi connectivity index (χ2n) is 3.40. The average Bonchev–Trinajstić information content (AvgIpc) is 2.33. The normalized spacial score (nSPS) is 33.6. The third-order valence-corrected chi connectivity index (χ3v) is 2.52. The molecule has 1 unspecified atom stereocenters. The summed E-state index contributed by atoms with van der Waals surface area (Å²) < 4.78 is 0. The minimum atomic E-state index is 0.364. The molecule has 0 aromatic heterocycles. The topological polar surface area (TPSA) is 23.5 Å². The fourth-order valence-electron chi connectivity index (χ4n) is 1.91. The van der Waals surface area contributed by atoms with Crippen LogP contribution in [0.2, 0.25) is 0 Å². The monoisotopic (exact) mass is 143 g/mol. The lowest BCUT2D eigenvalue weighted by molar-refractivity contribution is 0.156. The fourth-order valence-corrected chi connectivity index (χ4v) is 1.91. The standard InChI is InChI=1S/C8H17NO/c1-9(2)8-5-3-4-7(8)6-10/h7-8,10H,3-6H2,1-2H3/t7-,8?/m0/s1. The van der Waals surface area contributed by atoms with E-state index in [-0.39, 0.29) is 0 Å². The molecule has 0 saturated heterocycles. The molecule has 60 valence electrons. The number of aliphatic hydroxyl groups is 1. The summed E-state index contributed by atoms with van der Waals surface area (Å²) in [4.78, 5) is 2.23. The minimum Gasteiger partial charge on any atom is -0.396 e. The van der Waals surface area contributed by atoms with Crippen molar-refractivity contribution in [3.63, 3.8) is 0 Å². The number of hydrogen-bond donors (Lipinski definition) is 1. The average molecular weight is 143 g/mol. The molecule has 1 aliphatic carbocycles. The summed E-state index contributed by atoms with van der Waals surface area (Å²) in [6.07, 6.45) is 3.76. The summed E-state index contributed by atoms with van der Waals surface area (Å²) in [7, 11) is 4.19. The molecule has 2 nitrogen and oxygen atoms in total. The number of nitrogens with zero attached hydrogens (tertiary/aromatic N) is 1. The first-order valence-corrected chi connectivity index (χ1v) is 4.03. The van der Waals surface area contributed by atoms with Crippen molar-refractivity contribution >= 4 is 0 Å². The van der Waals surface area contributed by atoms with Crippen molar-refractivity contribution in [2.75, 3.05) is 20.7 Å². The van der Waals surface area contributed by atoms with Crippen LogP contribution >= 0.6 is 0 Å². The van der Waals surface area contributed by atoms with Crippen LogP contribution < -0.4 is 0 Å². The molecule has 10 heavy (non-hydrogen) atoms. The molecule has 2 atom stereocenters. The summed E-state index contributed by atoms with van der Waals surface area (Å²) in [6.45, 7) is 0.364. The van der Waals surface area contributed by atoms with Gasteiger partial charge in [0, 0.05) is 12.6 Å². The van der Waals surface area contributed by atoms with E-state index in [0.29, 0.717) is 18.6 Å². The maximum atomic E-state index is 8.96. The molecule has 0 amide bonds. The zero-order valence-corrected chi connectivity index (χ0v) is 6.88. The molecule has 1 fully saturated rings. The highest BCUT2D eigenvalue weighted by Crippen LogP contribution is 2.27. The minimum absolute atomic E-state index is 0.364. The molecule has 0 spiro atoms. The highest BCUT2D eigenvalue weighted by Gasteiger charge is 2.27. The largest absolute Gasteiger partial charge is 0.396 e. The number of aliphatic hydroxyl groups excluding tert-OH is 1. The predicted molar refractivity (Wildman–Crippen MR) is 41.9 cm³/mol. The zero-order chi connectivity index (χ0) is 7.56. The van der Waals surface area contributed by atoms with Crippen LogP contribution in [0, 0.1) is 5.92 Å². The maximum Gasteiger partial charge on any atom is 0.0474 e. The van der Waals surface area contributed by atoms with Crippen LogP contribution in [0.4, 0.5) is 0 Å². The van der Waals surface area contributed by atoms with Crippen molar-refractivity contribution in [3.05, 3.63) is 0 Å². The first kappa shape index (κ1) is 8.02. The zero-order valence-electron chi connectivity index (χ0n) is 6.88. The molecule has 0 aromatic carbocycles. The van der Waals surface area contributed by atoms with Gasteiger partial charge in [-0.3, -0.25) is 0 Å². The van der Waals surface area contributed by atoms with Crippen molar-refractivity contribution in [1.82, 2.24) is 4.90 Å². The molecule has 1 aliphatic rings. The molecule has 1 saturated carbocycles. The van der Waals surface area contributed by atoms with E-state index < -0.39 is 0 Å². The Bertz CT molecular complexity index is 103. The van der Waals surface area contributed by atoms with E-state index in [9.17, 15) is 0 Å². The first-order chi connectivity index (χ1) is 4.75. The van der Waals surface area contributed by atoms with E-state index in [2.05, 4.69) is 19.0 Å². The SMILES string of the molecule is CN(C)C1CCC[C@H]1CO. The summed E-state index contributed by atoms with van der Waals surface area (Å²) in [5.74, 6) is 0.537. The van der Waals surface area contributed by atoms with Crippen molar-refractivity contribution in [2.45, 2.75) is 25.3 Å². The van der Waals surface area contributed by atoms with Crippen LogP contribution in [-0.2, 0) is 0 Å². The number of hydrogen-bond acceptors (Lipinski definition) is 2. The smallest absolute Gasteiger partial charge is 0.0474 e. The Morgan fingerprint density at radius 1 is 1.40 bits per heavy atom. The Morgan fingerprint density at radius 2 is 2.10 bits per heavy atom. The fraction of sp³-hybridized carbons (Fsp3) is 1.00. The van der Waals surface area contributed by atoms with Gasteiger partial charge in [0.15, 0.2) is 0 Å². The second-order valence-corrected chi connectivity index (χ2v) is 3.40. The van der Waals surface area contributed by atoms with Gasteiger partial charge in [-0.25, -0.2) is 0 Å². The first-order valence-electron chi connectivity index (χ1n) is 4.03. The molecule has 2 heteroatoms. The third kappa shape index (κ3) is 1.50. The Hall–Kier alpha value is -0.0800. The molecule has 1 N–H and O–H groups in total. The highest BCUT2D eigenvalue weighted by atomic mass is 16.3. The maximum absolute atomic E-state index is 8.96. The van der Waals surface area contributed by atoms with E-state index in [1.54, 1.807) is 0 Å². The van der Waals surface area contributed by atoms with Gasteiger partial charge in [-0.1, -0.05) is 6.42 Å². The van der Waals surface area contributed by atoms with Gasteiger partial charge in [0.1, 0.15) is 0 Å². The van der Waals surface area contributed by atoms with E-state index in [4.69, 9.17) is 5.11 Å². The van der Waals surface area contributed by atoms with E-state index in [0.717, 1.165) is 0 Å². The van der Waals surface area contributed by atoms with E-state index >= 15 is 0 Å². The van der Waals surface area contributed by atoms with Gasteiger partial charge in [-0.2, -0.15) is 0 Å². The van der Waals surface area contributed by atoms with Gasteiger partial charge < -0.3 is 10.0 Å². The van der Waals surface area contributed by atoms with Crippen LogP contribution in [0.3, 0.4) is 0 Å². The lowest BCUT2D eigenvalue weighted by atomic mass is 10.0. The molecule has 0 aromatic rings. The van der Waals surface area contributed by atoms with Gasteiger partial charge in [0.05, 0.1) is 0 Å². The van der Waals surface area contributed by atoms with Crippen molar-refractivity contribution in [1.29, 1.82) is 0 Å². The summed E-state index contributed by atoms with van der Waals surface area (Å²) in [5, 5.41) is 8.96. The van der Waals surface area contributed by atoms with Crippen LogP contribution in [0.25, 0.3) is 0 Å². The molecule has 0 aliphatic heterocycles. The lowest BCUT2D eigenvalue weighted by Crippen LogP contribution is -2.32. The Labute approximate surface area is 62.8 Å². The van der Waals surface area contributed by atoms with Gasteiger partial charge in [-0.05, 0) is 32.9 Å². The summed E-state index contributed by atoms with van der Waals surface area (Å²) in [5.41, 5.74) is 0. The van der Waals surface area contributed by atoms with Crippen LogP contribution in [0.15, 0.2) is 0 Å². The predicted octanol–water partition coefficient (Wildman–Crippen LogP) is 0.709. The molecule has 0 heterocycles. The van der Waals surface area contributed by atoms with Crippen molar-refractivity contribution in [3.8, 4) is 0 Å². The van der Waals surface area contributed by atoms with Gasteiger partial charge >= 0.3 is 0 Å². The van der Waals surface area contributed by atoms with Gasteiger partial charge in [-0.15, -0.1) is 0 Å². The molecule has 0 radical (unpaired) electrons. The van der Waals surface area contributed by atoms with Crippen molar-refractivity contribution in [2.24, 2.45) is 5.92 Å². The third-order valence-electron chi connectivity index (χ3n) is 2.52. The highest BCUT2D eigenvalue weighted by molar-refractivity contribution is 4.81.